The van der Waals surface area contributed by atoms with E-state index < -0.39 is 5.97 Å². The molecule has 6 nitrogen and oxygen atoms in total. The number of urea groups is 1. The second-order valence-electron chi connectivity index (χ2n) is 6.39. The van der Waals surface area contributed by atoms with E-state index in [-0.39, 0.29) is 18.1 Å². The number of hydrogen-bond acceptors (Lipinski definition) is 3. The molecule has 1 fully saturated rings. The minimum absolute atomic E-state index is 0.0594. The Morgan fingerprint density at radius 3 is 2.61 bits per heavy atom. The summed E-state index contributed by atoms with van der Waals surface area (Å²) in [6.45, 7) is 5.42. The minimum atomic E-state index is -0.766. The third-order valence-corrected chi connectivity index (χ3v) is 4.52. The quantitative estimate of drug-likeness (QED) is 0.863. The zero-order chi connectivity index (χ0) is 16.6. The van der Waals surface area contributed by atoms with Crippen LogP contribution in [0, 0.1) is 12.8 Å². The third-order valence-electron chi connectivity index (χ3n) is 4.52. The van der Waals surface area contributed by atoms with Crippen LogP contribution < -0.4 is 9.64 Å². The van der Waals surface area contributed by atoms with Gasteiger partial charge in [-0.05, 0) is 44.4 Å². The highest BCUT2D eigenvalue weighted by atomic mass is 16.5. The van der Waals surface area contributed by atoms with Crippen LogP contribution in [0.2, 0.25) is 0 Å². The number of aliphatic carboxylic acids is 1. The SMILES string of the molecule is Cc1ccc2c(c1)N(C(=O)N1CCC(C(=O)O)CC1)C[C@@H](C)O2. The van der Waals surface area contributed by atoms with Gasteiger partial charge in [-0.2, -0.15) is 0 Å². The molecule has 0 unspecified atom stereocenters. The number of rotatable bonds is 1. The van der Waals surface area contributed by atoms with E-state index in [2.05, 4.69) is 0 Å². The zero-order valence-corrected chi connectivity index (χ0v) is 13.5. The fourth-order valence-electron chi connectivity index (χ4n) is 3.22. The van der Waals surface area contributed by atoms with E-state index in [0.29, 0.717) is 32.5 Å². The van der Waals surface area contributed by atoms with Crippen LogP contribution >= 0.6 is 0 Å². The molecule has 1 saturated heterocycles. The summed E-state index contributed by atoms with van der Waals surface area (Å²) in [5, 5.41) is 9.08. The number of aryl methyl sites for hydroxylation is 1. The second kappa shape index (κ2) is 6.10. The number of carboxylic acids is 1. The largest absolute Gasteiger partial charge is 0.487 e. The number of likely N-dealkylation sites (tertiary alicyclic amines) is 1. The second-order valence-corrected chi connectivity index (χ2v) is 6.39. The van der Waals surface area contributed by atoms with Crippen molar-refractivity contribution in [2.75, 3.05) is 24.5 Å². The van der Waals surface area contributed by atoms with Gasteiger partial charge in [-0.3, -0.25) is 9.69 Å². The molecule has 1 N–H and O–H groups in total. The van der Waals surface area contributed by atoms with Crippen molar-refractivity contribution in [1.82, 2.24) is 4.90 Å². The first-order valence-electron chi connectivity index (χ1n) is 8.02. The molecule has 2 heterocycles. The number of amides is 2. The van der Waals surface area contributed by atoms with Gasteiger partial charge in [0.15, 0.2) is 0 Å². The molecule has 6 heteroatoms. The number of carboxylic acid groups (broad SMARTS) is 1. The van der Waals surface area contributed by atoms with Crippen LogP contribution in [0.3, 0.4) is 0 Å². The Kier molecular flexibility index (Phi) is 4.15. The molecule has 3 rings (SSSR count). The number of anilines is 1. The monoisotopic (exact) mass is 318 g/mol. The Bertz CT molecular complexity index is 623. The summed E-state index contributed by atoms with van der Waals surface area (Å²) < 4.78 is 5.81. The molecule has 1 aromatic carbocycles. The van der Waals surface area contributed by atoms with Crippen LogP contribution in [0.5, 0.6) is 5.75 Å². The van der Waals surface area contributed by atoms with Gasteiger partial charge < -0.3 is 14.7 Å². The van der Waals surface area contributed by atoms with Crippen LogP contribution in [0.1, 0.15) is 25.3 Å². The van der Waals surface area contributed by atoms with Gasteiger partial charge >= 0.3 is 12.0 Å². The summed E-state index contributed by atoms with van der Waals surface area (Å²) in [6, 6.07) is 5.77. The molecule has 2 amide bonds. The summed E-state index contributed by atoms with van der Waals surface area (Å²) >= 11 is 0. The highest BCUT2D eigenvalue weighted by Gasteiger charge is 2.33. The van der Waals surface area contributed by atoms with Crippen molar-refractivity contribution in [3.63, 3.8) is 0 Å². The van der Waals surface area contributed by atoms with Crippen LogP contribution in [0.4, 0.5) is 10.5 Å². The number of ether oxygens (including phenoxy) is 1. The summed E-state index contributed by atoms with van der Waals surface area (Å²) in [5.74, 6) is -0.377. The van der Waals surface area contributed by atoms with E-state index in [4.69, 9.17) is 9.84 Å². The Morgan fingerprint density at radius 2 is 1.96 bits per heavy atom. The van der Waals surface area contributed by atoms with Crippen molar-refractivity contribution < 1.29 is 19.4 Å². The van der Waals surface area contributed by atoms with Crippen LogP contribution in [-0.4, -0.2) is 47.7 Å². The maximum Gasteiger partial charge on any atom is 0.324 e. The van der Waals surface area contributed by atoms with E-state index in [0.717, 1.165) is 17.0 Å². The van der Waals surface area contributed by atoms with Gasteiger partial charge in [-0.1, -0.05) is 6.07 Å². The molecule has 0 radical (unpaired) electrons. The first-order valence-corrected chi connectivity index (χ1v) is 8.02. The molecule has 23 heavy (non-hydrogen) atoms. The molecule has 0 saturated carbocycles. The number of nitrogens with zero attached hydrogens (tertiary/aromatic N) is 2. The third kappa shape index (κ3) is 3.11. The fraction of sp³-hybridized carbons (Fsp3) is 0.529. The van der Waals surface area contributed by atoms with Crippen LogP contribution in [0.15, 0.2) is 18.2 Å². The number of hydrogen-bond donors (Lipinski definition) is 1. The molecular weight excluding hydrogens is 296 g/mol. The molecule has 1 atom stereocenters. The van der Waals surface area contributed by atoms with Crippen molar-refractivity contribution in [1.29, 1.82) is 0 Å². The molecule has 0 spiro atoms. The van der Waals surface area contributed by atoms with E-state index in [1.54, 1.807) is 9.80 Å². The van der Waals surface area contributed by atoms with E-state index >= 15 is 0 Å². The van der Waals surface area contributed by atoms with Gasteiger partial charge in [0.2, 0.25) is 0 Å². The molecule has 1 aromatic rings. The van der Waals surface area contributed by atoms with E-state index in [1.807, 2.05) is 32.0 Å². The summed E-state index contributed by atoms with van der Waals surface area (Å²) in [5.41, 5.74) is 1.87. The molecule has 2 aliphatic rings. The molecule has 2 aliphatic heterocycles. The van der Waals surface area contributed by atoms with Crippen molar-refractivity contribution in [3.8, 4) is 5.75 Å². The van der Waals surface area contributed by atoms with Crippen molar-refractivity contribution in [3.05, 3.63) is 23.8 Å². The van der Waals surface area contributed by atoms with Crippen molar-refractivity contribution in [2.45, 2.75) is 32.8 Å². The average Bonchev–Trinajstić information content (AvgIpc) is 2.54. The van der Waals surface area contributed by atoms with Gasteiger partial charge in [0.25, 0.3) is 0 Å². The van der Waals surface area contributed by atoms with Crippen LogP contribution in [-0.2, 0) is 4.79 Å². The normalized spacial score (nSPS) is 21.6. The first kappa shape index (κ1) is 15.6. The Balaban J connectivity index is 1.78. The number of benzene rings is 1. The predicted octanol–water partition coefficient (Wildman–Crippen LogP) is 2.50. The van der Waals surface area contributed by atoms with Gasteiger partial charge in [-0.15, -0.1) is 0 Å². The summed E-state index contributed by atoms with van der Waals surface area (Å²) in [6.07, 6.45) is 0.967. The number of fused-ring (bicyclic) bond motifs is 1. The van der Waals surface area contributed by atoms with Crippen LogP contribution in [0.25, 0.3) is 0 Å². The van der Waals surface area contributed by atoms with E-state index in [1.165, 1.54) is 0 Å². The molecule has 0 aromatic heterocycles. The lowest BCUT2D eigenvalue weighted by Crippen LogP contribution is -2.51. The van der Waals surface area contributed by atoms with Gasteiger partial charge in [-0.25, -0.2) is 4.79 Å². The maximum atomic E-state index is 12.9. The summed E-state index contributed by atoms with van der Waals surface area (Å²) in [4.78, 5) is 27.5. The van der Waals surface area contributed by atoms with Crippen molar-refractivity contribution in [2.24, 2.45) is 5.92 Å². The Labute approximate surface area is 135 Å². The number of piperidine rings is 1. The molecule has 0 aliphatic carbocycles. The lowest BCUT2D eigenvalue weighted by Gasteiger charge is -2.38. The smallest absolute Gasteiger partial charge is 0.324 e. The summed E-state index contributed by atoms with van der Waals surface area (Å²) in [7, 11) is 0. The highest BCUT2D eigenvalue weighted by Crippen LogP contribution is 2.35. The number of carbonyl (C=O) groups excluding carboxylic acids is 1. The fourth-order valence-corrected chi connectivity index (χ4v) is 3.22. The lowest BCUT2D eigenvalue weighted by atomic mass is 9.97. The molecular formula is C17H22N2O4. The minimum Gasteiger partial charge on any atom is -0.487 e. The molecule has 124 valence electrons. The first-order chi connectivity index (χ1) is 11.0. The van der Waals surface area contributed by atoms with Gasteiger partial charge in [0.1, 0.15) is 11.9 Å². The van der Waals surface area contributed by atoms with Crippen molar-refractivity contribution >= 4 is 17.7 Å². The zero-order valence-electron chi connectivity index (χ0n) is 13.5. The average molecular weight is 318 g/mol. The predicted molar refractivity (Wildman–Crippen MR) is 85.9 cm³/mol. The Hall–Kier alpha value is -2.24. The standard InChI is InChI=1S/C17H22N2O4/c1-11-3-4-15-14(9-11)19(10-12(2)23-15)17(22)18-7-5-13(6-8-18)16(20)21/h3-4,9,12-13H,5-8,10H2,1-2H3,(H,20,21)/t12-/m1/s1. The Morgan fingerprint density at radius 1 is 1.26 bits per heavy atom. The topological polar surface area (TPSA) is 70.1 Å². The van der Waals surface area contributed by atoms with Gasteiger partial charge in [0.05, 0.1) is 18.2 Å². The van der Waals surface area contributed by atoms with E-state index in [9.17, 15) is 9.59 Å². The molecule has 0 bridgehead atoms. The number of carbonyl (C=O) groups is 2. The maximum absolute atomic E-state index is 12.9. The highest BCUT2D eigenvalue weighted by molar-refractivity contribution is 5.94. The lowest BCUT2D eigenvalue weighted by molar-refractivity contribution is -0.143. The van der Waals surface area contributed by atoms with Gasteiger partial charge in [0, 0.05) is 13.1 Å².